The van der Waals surface area contributed by atoms with Crippen LogP contribution in [-0.4, -0.2) is 10.6 Å². The van der Waals surface area contributed by atoms with Gasteiger partial charge >= 0.3 is 0 Å². The van der Waals surface area contributed by atoms with Crippen LogP contribution in [0.4, 0.5) is 8.78 Å². The highest BCUT2D eigenvalue weighted by molar-refractivity contribution is 5.21. The molecule has 13 heavy (non-hydrogen) atoms. The minimum atomic E-state index is -0.749. The smallest absolute Gasteiger partial charge is 0.216 e. The zero-order valence-corrected chi connectivity index (χ0v) is 7.77. The van der Waals surface area contributed by atoms with Crippen LogP contribution in [0.15, 0.2) is 12.3 Å². The summed E-state index contributed by atoms with van der Waals surface area (Å²) in [7, 11) is 0. The molecule has 1 rings (SSSR count). The van der Waals surface area contributed by atoms with Gasteiger partial charge in [-0.15, -0.1) is 0 Å². The molecule has 0 saturated heterocycles. The van der Waals surface area contributed by atoms with E-state index in [1.807, 2.05) is 0 Å². The Morgan fingerprint density at radius 1 is 1.31 bits per heavy atom. The maximum Gasteiger partial charge on any atom is 0.216 e. The van der Waals surface area contributed by atoms with E-state index in [0.717, 1.165) is 12.3 Å². The number of pyridine rings is 1. The van der Waals surface area contributed by atoms with Gasteiger partial charge in [0, 0.05) is 6.07 Å². The average Bonchev–Trinajstić information content (AvgIpc) is 1.94. The van der Waals surface area contributed by atoms with Crippen LogP contribution in [0.5, 0.6) is 5.75 Å². The monoisotopic (exact) mass is 187 g/mol. The number of halogens is 2. The van der Waals surface area contributed by atoms with Gasteiger partial charge in [0.05, 0.1) is 6.20 Å². The van der Waals surface area contributed by atoms with Crippen molar-refractivity contribution in [3.8, 4) is 5.75 Å². The molecule has 4 heteroatoms. The Morgan fingerprint density at radius 2 is 1.92 bits per heavy atom. The van der Waals surface area contributed by atoms with E-state index in [1.165, 1.54) is 0 Å². The predicted molar refractivity (Wildman–Crippen MR) is 44.5 cm³/mol. The van der Waals surface area contributed by atoms with Crippen molar-refractivity contribution in [2.75, 3.05) is 0 Å². The minimum Gasteiger partial charge on any atom is -0.485 e. The zero-order valence-electron chi connectivity index (χ0n) is 7.77. The Kier molecular flexibility index (Phi) is 2.50. The standard InChI is InChI=1S/C9H11F2NO/c1-9(2,3)13-7-4-8(11)12-5-6(7)10/h4-5H,1-3H3. The summed E-state index contributed by atoms with van der Waals surface area (Å²) in [5.41, 5.74) is -0.547. The van der Waals surface area contributed by atoms with Gasteiger partial charge in [-0.3, -0.25) is 0 Å². The van der Waals surface area contributed by atoms with Gasteiger partial charge in [-0.2, -0.15) is 4.39 Å². The molecule has 0 amide bonds. The average molecular weight is 187 g/mol. The van der Waals surface area contributed by atoms with Crippen LogP contribution in [-0.2, 0) is 0 Å². The van der Waals surface area contributed by atoms with Gasteiger partial charge in [-0.05, 0) is 20.8 Å². The SMILES string of the molecule is CC(C)(C)Oc1cc(F)ncc1F. The minimum absolute atomic E-state index is 0.111. The number of hydrogen-bond donors (Lipinski definition) is 0. The highest BCUT2D eigenvalue weighted by Gasteiger charge is 2.15. The molecule has 1 aromatic heterocycles. The van der Waals surface area contributed by atoms with Crippen LogP contribution in [0.25, 0.3) is 0 Å². The molecular weight excluding hydrogens is 176 g/mol. The largest absolute Gasteiger partial charge is 0.485 e. The van der Waals surface area contributed by atoms with Gasteiger partial charge in [-0.1, -0.05) is 0 Å². The van der Waals surface area contributed by atoms with Crippen molar-refractivity contribution in [3.63, 3.8) is 0 Å². The second-order valence-electron chi connectivity index (χ2n) is 3.65. The van der Waals surface area contributed by atoms with Gasteiger partial charge < -0.3 is 4.74 Å². The first-order valence-corrected chi connectivity index (χ1v) is 3.88. The lowest BCUT2D eigenvalue weighted by Gasteiger charge is -2.21. The number of ether oxygens (including phenoxy) is 1. The highest BCUT2D eigenvalue weighted by Crippen LogP contribution is 2.21. The van der Waals surface area contributed by atoms with Gasteiger partial charge in [0.1, 0.15) is 5.60 Å². The fourth-order valence-electron chi connectivity index (χ4n) is 0.804. The second kappa shape index (κ2) is 3.28. The first-order valence-electron chi connectivity index (χ1n) is 3.88. The molecule has 72 valence electrons. The summed E-state index contributed by atoms with van der Waals surface area (Å²) in [5.74, 6) is -1.52. The summed E-state index contributed by atoms with van der Waals surface area (Å²) < 4.78 is 30.7. The summed E-state index contributed by atoms with van der Waals surface area (Å²) in [6.07, 6.45) is 0.802. The fraction of sp³-hybridized carbons (Fsp3) is 0.444. The van der Waals surface area contributed by atoms with E-state index in [2.05, 4.69) is 4.98 Å². The maximum atomic E-state index is 12.9. The van der Waals surface area contributed by atoms with Gasteiger partial charge in [0.25, 0.3) is 0 Å². The fourth-order valence-corrected chi connectivity index (χ4v) is 0.804. The quantitative estimate of drug-likeness (QED) is 0.630. The first-order chi connectivity index (χ1) is 5.88. The predicted octanol–water partition coefficient (Wildman–Crippen LogP) is 2.54. The van der Waals surface area contributed by atoms with Gasteiger partial charge in [0.2, 0.25) is 5.95 Å². The van der Waals surface area contributed by atoms with E-state index in [4.69, 9.17) is 4.74 Å². The summed E-state index contributed by atoms with van der Waals surface area (Å²) in [5, 5.41) is 0. The topological polar surface area (TPSA) is 22.1 Å². The molecule has 2 nitrogen and oxygen atoms in total. The molecule has 0 saturated carbocycles. The van der Waals surface area contributed by atoms with Crippen molar-refractivity contribution in [1.29, 1.82) is 0 Å². The van der Waals surface area contributed by atoms with Gasteiger partial charge in [0.15, 0.2) is 11.6 Å². The highest BCUT2D eigenvalue weighted by atomic mass is 19.1. The Bertz CT molecular complexity index is 307. The Balaban J connectivity index is 2.94. The summed E-state index contributed by atoms with van der Waals surface area (Å²) >= 11 is 0. The van der Waals surface area contributed by atoms with Crippen LogP contribution in [0.1, 0.15) is 20.8 Å². The summed E-state index contributed by atoms with van der Waals surface area (Å²) in [4.78, 5) is 3.15. The van der Waals surface area contributed by atoms with E-state index < -0.39 is 17.4 Å². The van der Waals surface area contributed by atoms with E-state index >= 15 is 0 Å². The Labute approximate surface area is 75.6 Å². The lowest BCUT2D eigenvalue weighted by atomic mass is 10.2. The third-order valence-electron chi connectivity index (χ3n) is 1.20. The number of rotatable bonds is 1. The number of nitrogens with zero attached hydrogens (tertiary/aromatic N) is 1. The molecule has 1 heterocycles. The maximum absolute atomic E-state index is 12.9. The zero-order chi connectivity index (χ0) is 10.1. The number of aromatic nitrogens is 1. The van der Waals surface area contributed by atoms with Crippen molar-refractivity contribution in [1.82, 2.24) is 4.98 Å². The third kappa shape index (κ3) is 2.97. The van der Waals surface area contributed by atoms with Crippen molar-refractivity contribution >= 4 is 0 Å². The van der Waals surface area contributed by atoms with E-state index in [-0.39, 0.29) is 5.75 Å². The normalized spacial score (nSPS) is 11.5. The third-order valence-corrected chi connectivity index (χ3v) is 1.20. The molecule has 0 bridgehead atoms. The molecule has 0 aromatic carbocycles. The van der Waals surface area contributed by atoms with Crippen LogP contribution in [0, 0.1) is 11.8 Å². The van der Waals surface area contributed by atoms with Crippen LogP contribution in [0.2, 0.25) is 0 Å². The molecule has 0 radical (unpaired) electrons. The van der Waals surface area contributed by atoms with E-state index in [1.54, 1.807) is 20.8 Å². The van der Waals surface area contributed by atoms with Crippen molar-refractivity contribution < 1.29 is 13.5 Å². The molecule has 1 aromatic rings. The molecule has 0 N–H and O–H groups in total. The molecule has 0 aliphatic carbocycles. The molecule has 0 aliphatic rings. The summed E-state index contributed by atoms with van der Waals surface area (Å²) in [6.45, 7) is 5.26. The van der Waals surface area contributed by atoms with Gasteiger partial charge in [-0.25, -0.2) is 9.37 Å². The molecule has 0 spiro atoms. The molecule has 0 unspecified atom stereocenters. The molecule has 0 fully saturated rings. The van der Waals surface area contributed by atoms with Crippen LogP contribution in [0.3, 0.4) is 0 Å². The lowest BCUT2D eigenvalue weighted by molar-refractivity contribution is 0.123. The van der Waals surface area contributed by atoms with Crippen molar-refractivity contribution in [2.45, 2.75) is 26.4 Å². The summed E-state index contributed by atoms with van der Waals surface area (Å²) in [6, 6.07) is 0.931. The Hall–Kier alpha value is -1.19. The lowest BCUT2D eigenvalue weighted by Crippen LogP contribution is -2.23. The van der Waals surface area contributed by atoms with Crippen molar-refractivity contribution in [3.05, 3.63) is 24.0 Å². The molecule has 0 atom stereocenters. The van der Waals surface area contributed by atoms with Crippen LogP contribution >= 0.6 is 0 Å². The molecule has 0 aliphatic heterocycles. The molecular formula is C9H11F2NO. The second-order valence-corrected chi connectivity index (χ2v) is 3.65. The number of hydrogen-bond acceptors (Lipinski definition) is 2. The first kappa shape index (κ1) is 9.89. The van der Waals surface area contributed by atoms with Crippen LogP contribution < -0.4 is 4.74 Å². The van der Waals surface area contributed by atoms with E-state index in [9.17, 15) is 8.78 Å². The van der Waals surface area contributed by atoms with Crippen molar-refractivity contribution in [2.24, 2.45) is 0 Å². The Morgan fingerprint density at radius 3 is 2.46 bits per heavy atom. The van der Waals surface area contributed by atoms with E-state index in [0.29, 0.717) is 0 Å².